The van der Waals surface area contributed by atoms with E-state index in [9.17, 15) is 9.90 Å². The van der Waals surface area contributed by atoms with Crippen LogP contribution in [0, 0.1) is 5.92 Å². The fraction of sp³-hybridized carbons (Fsp3) is 0.917. The van der Waals surface area contributed by atoms with Gasteiger partial charge in [0.2, 0.25) is 0 Å². The largest absolute Gasteiger partial charge is 0.480 e. The van der Waals surface area contributed by atoms with Crippen LogP contribution in [-0.4, -0.2) is 48.3 Å². The van der Waals surface area contributed by atoms with E-state index in [0.29, 0.717) is 18.4 Å². The van der Waals surface area contributed by atoms with Crippen LogP contribution in [0.2, 0.25) is 0 Å². The van der Waals surface area contributed by atoms with Crippen molar-refractivity contribution in [3.63, 3.8) is 0 Å². The zero-order chi connectivity index (χ0) is 12.1. The Labute approximate surface area is 97.6 Å². The Bertz CT molecular complexity index is 224. The molecule has 0 spiro atoms. The Morgan fingerprint density at radius 1 is 1.44 bits per heavy atom. The van der Waals surface area contributed by atoms with Gasteiger partial charge >= 0.3 is 5.97 Å². The number of carbonyl (C=O) groups is 1. The second kappa shape index (κ2) is 6.21. The first kappa shape index (κ1) is 13.5. The minimum absolute atomic E-state index is 0.355. The van der Waals surface area contributed by atoms with Gasteiger partial charge in [-0.25, -0.2) is 0 Å². The lowest BCUT2D eigenvalue weighted by molar-refractivity contribution is -0.145. The Morgan fingerprint density at radius 3 is 2.44 bits per heavy atom. The molecule has 0 saturated carbocycles. The molecule has 16 heavy (non-hydrogen) atoms. The maximum Gasteiger partial charge on any atom is 0.320 e. The number of carboxylic acids is 1. The minimum atomic E-state index is -0.706. The standard InChI is InChI=1S/C12H23NO3/c1-9(2)8-11(12(14)15)13(3)10-4-6-16-7-5-10/h9-11H,4-8H2,1-3H3,(H,14,15)/t11-/m0/s1. The second-order valence-corrected chi connectivity index (χ2v) is 4.99. The summed E-state index contributed by atoms with van der Waals surface area (Å²) in [6, 6.07) is -0.00306. The number of hydrogen-bond acceptors (Lipinski definition) is 3. The molecule has 94 valence electrons. The number of carboxylic acid groups (broad SMARTS) is 1. The quantitative estimate of drug-likeness (QED) is 0.778. The van der Waals surface area contributed by atoms with Crippen LogP contribution in [0.4, 0.5) is 0 Å². The molecule has 1 aliphatic heterocycles. The molecule has 4 nitrogen and oxygen atoms in total. The van der Waals surface area contributed by atoms with Gasteiger partial charge in [0.1, 0.15) is 6.04 Å². The summed E-state index contributed by atoms with van der Waals surface area (Å²) in [6.45, 7) is 5.63. The first-order chi connectivity index (χ1) is 7.52. The lowest BCUT2D eigenvalue weighted by atomic mass is 9.99. The third-order valence-corrected chi connectivity index (χ3v) is 3.24. The van der Waals surface area contributed by atoms with Gasteiger partial charge in [-0.1, -0.05) is 13.8 Å². The Balaban J connectivity index is 2.58. The molecule has 1 atom stereocenters. The molecule has 1 fully saturated rings. The first-order valence-electron chi connectivity index (χ1n) is 6.05. The van der Waals surface area contributed by atoms with Crippen LogP contribution < -0.4 is 0 Å². The number of likely N-dealkylation sites (N-methyl/N-ethyl adjacent to an activating group) is 1. The lowest BCUT2D eigenvalue weighted by Gasteiger charge is -2.35. The summed E-state index contributed by atoms with van der Waals surface area (Å²) in [5.74, 6) is -0.300. The topological polar surface area (TPSA) is 49.8 Å². The fourth-order valence-corrected chi connectivity index (χ4v) is 2.23. The molecule has 1 saturated heterocycles. The van der Waals surface area contributed by atoms with E-state index in [0.717, 1.165) is 26.1 Å². The van der Waals surface area contributed by atoms with Gasteiger partial charge < -0.3 is 9.84 Å². The van der Waals surface area contributed by atoms with E-state index < -0.39 is 5.97 Å². The van der Waals surface area contributed by atoms with Crippen LogP contribution in [0.25, 0.3) is 0 Å². The van der Waals surface area contributed by atoms with E-state index in [1.54, 1.807) is 0 Å². The van der Waals surface area contributed by atoms with Gasteiger partial charge in [0.05, 0.1) is 0 Å². The van der Waals surface area contributed by atoms with Gasteiger partial charge in [0.15, 0.2) is 0 Å². The SMILES string of the molecule is CC(C)C[C@@H](C(=O)O)N(C)C1CCOCC1. The summed E-state index contributed by atoms with van der Waals surface area (Å²) in [4.78, 5) is 13.3. The predicted octanol–water partition coefficient (Wildman–Crippen LogP) is 1.60. The molecule has 0 bridgehead atoms. The monoisotopic (exact) mass is 229 g/mol. The summed E-state index contributed by atoms with van der Waals surface area (Å²) < 4.78 is 5.30. The number of aliphatic carboxylic acids is 1. The molecule has 0 amide bonds. The molecule has 0 radical (unpaired) electrons. The van der Waals surface area contributed by atoms with Gasteiger partial charge in [-0.3, -0.25) is 9.69 Å². The Morgan fingerprint density at radius 2 is 2.00 bits per heavy atom. The van der Waals surface area contributed by atoms with Crippen molar-refractivity contribution < 1.29 is 14.6 Å². The van der Waals surface area contributed by atoms with Crippen molar-refractivity contribution in [2.75, 3.05) is 20.3 Å². The zero-order valence-electron chi connectivity index (χ0n) is 10.5. The van der Waals surface area contributed by atoms with Crippen LogP contribution >= 0.6 is 0 Å². The molecule has 0 aromatic carbocycles. The summed E-state index contributed by atoms with van der Waals surface area (Å²) >= 11 is 0. The van der Waals surface area contributed by atoms with Crippen LogP contribution in [-0.2, 0) is 9.53 Å². The normalized spacial score (nSPS) is 20.3. The summed E-state index contributed by atoms with van der Waals surface area (Å²) in [7, 11) is 1.93. The van der Waals surface area contributed by atoms with Crippen molar-refractivity contribution in [1.29, 1.82) is 0 Å². The molecule has 0 aromatic heterocycles. The molecule has 1 N–H and O–H groups in total. The molecule has 4 heteroatoms. The zero-order valence-corrected chi connectivity index (χ0v) is 10.5. The Kier molecular flexibility index (Phi) is 5.22. The summed E-state index contributed by atoms with van der Waals surface area (Å²) in [5, 5.41) is 9.25. The van der Waals surface area contributed by atoms with E-state index in [1.165, 1.54) is 0 Å². The molecule has 1 heterocycles. The van der Waals surface area contributed by atoms with E-state index >= 15 is 0 Å². The van der Waals surface area contributed by atoms with Crippen molar-refractivity contribution in [3.05, 3.63) is 0 Å². The number of ether oxygens (including phenoxy) is 1. The molecule has 1 rings (SSSR count). The maximum atomic E-state index is 11.2. The molecular weight excluding hydrogens is 206 g/mol. The highest BCUT2D eigenvalue weighted by atomic mass is 16.5. The average Bonchev–Trinajstić information content (AvgIpc) is 2.25. The van der Waals surface area contributed by atoms with Crippen molar-refractivity contribution in [2.24, 2.45) is 5.92 Å². The molecule has 0 aliphatic carbocycles. The van der Waals surface area contributed by atoms with Crippen molar-refractivity contribution in [1.82, 2.24) is 4.90 Å². The second-order valence-electron chi connectivity index (χ2n) is 4.99. The van der Waals surface area contributed by atoms with Gasteiger partial charge in [0.25, 0.3) is 0 Å². The number of rotatable bonds is 5. The number of hydrogen-bond donors (Lipinski definition) is 1. The lowest BCUT2D eigenvalue weighted by Crippen LogP contribution is -2.47. The first-order valence-corrected chi connectivity index (χ1v) is 6.05. The van der Waals surface area contributed by atoms with Gasteiger partial charge in [-0.2, -0.15) is 0 Å². The highest BCUT2D eigenvalue weighted by Crippen LogP contribution is 2.19. The highest BCUT2D eigenvalue weighted by Gasteiger charge is 2.29. The summed E-state index contributed by atoms with van der Waals surface area (Å²) in [5.41, 5.74) is 0. The third-order valence-electron chi connectivity index (χ3n) is 3.24. The fourth-order valence-electron chi connectivity index (χ4n) is 2.23. The third kappa shape index (κ3) is 3.76. The van der Waals surface area contributed by atoms with Crippen LogP contribution in [0.5, 0.6) is 0 Å². The Hall–Kier alpha value is -0.610. The smallest absolute Gasteiger partial charge is 0.320 e. The van der Waals surface area contributed by atoms with Crippen LogP contribution in [0.15, 0.2) is 0 Å². The van der Waals surface area contributed by atoms with Gasteiger partial charge in [-0.15, -0.1) is 0 Å². The van der Waals surface area contributed by atoms with Crippen molar-refractivity contribution in [2.45, 2.75) is 45.2 Å². The van der Waals surface area contributed by atoms with Gasteiger partial charge in [0, 0.05) is 19.3 Å². The predicted molar refractivity (Wildman–Crippen MR) is 62.5 cm³/mol. The molecular formula is C12H23NO3. The van der Waals surface area contributed by atoms with E-state index in [4.69, 9.17) is 4.74 Å². The van der Waals surface area contributed by atoms with E-state index in [1.807, 2.05) is 11.9 Å². The highest BCUT2D eigenvalue weighted by molar-refractivity contribution is 5.73. The van der Waals surface area contributed by atoms with E-state index in [-0.39, 0.29) is 6.04 Å². The molecule has 0 unspecified atom stereocenters. The molecule has 1 aliphatic rings. The van der Waals surface area contributed by atoms with Crippen LogP contribution in [0.1, 0.15) is 33.1 Å². The summed E-state index contributed by atoms with van der Waals surface area (Å²) in [6.07, 6.45) is 2.60. The van der Waals surface area contributed by atoms with Crippen molar-refractivity contribution >= 4 is 5.97 Å². The van der Waals surface area contributed by atoms with Crippen molar-refractivity contribution in [3.8, 4) is 0 Å². The van der Waals surface area contributed by atoms with Crippen LogP contribution in [0.3, 0.4) is 0 Å². The average molecular weight is 229 g/mol. The maximum absolute atomic E-state index is 11.2. The van der Waals surface area contributed by atoms with Gasteiger partial charge in [-0.05, 0) is 32.2 Å². The van der Waals surface area contributed by atoms with E-state index in [2.05, 4.69) is 13.8 Å². The molecule has 0 aromatic rings. The minimum Gasteiger partial charge on any atom is -0.480 e. The number of nitrogens with zero attached hydrogens (tertiary/aromatic N) is 1.